The van der Waals surface area contributed by atoms with Crippen molar-refractivity contribution in [3.8, 4) is 11.3 Å². The normalized spacial score (nSPS) is 15.5. The summed E-state index contributed by atoms with van der Waals surface area (Å²) in [6, 6.07) is 12.8. The quantitative estimate of drug-likeness (QED) is 0.416. The van der Waals surface area contributed by atoms with Gasteiger partial charge in [-0.25, -0.2) is 9.69 Å². The molecule has 1 aromatic heterocycles. The topological polar surface area (TPSA) is 79.6 Å². The van der Waals surface area contributed by atoms with Crippen LogP contribution in [0.2, 0.25) is 10.0 Å². The maximum absolute atomic E-state index is 13.0. The third-order valence-electron chi connectivity index (χ3n) is 4.68. The van der Waals surface area contributed by atoms with Crippen LogP contribution in [0.1, 0.15) is 16.9 Å². The second-order valence-corrected chi connectivity index (χ2v) is 7.97. The number of nitrogens with one attached hydrogen (secondary N) is 1. The Labute approximate surface area is 188 Å². The number of benzene rings is 2. The fraction of sp³-hybridized carbons (Fsp3) is 0.0870. The van der Waals surface area contributed by atoms with Gasteiger partial charge in [-0.2, -0.15) is 0 Å². The molecule has 0 aliphatic carbocycles. The minimum atomic E-state index is -0.801. The molecule has 1 aliphatic rings. The Morgan fingerprint density at radius 1 is 0.935 bits per heavy atom. The van der Waals surface area contributed by atoms with Gasteiger partial charge in [0.05, 0.1) is 10.7 Å². The number of nitrogens with zero attached hydrogens (tertiary/aromatic N) is 1. The van der Waals surface area contributed by atoms with Crippen LogP contribution in [0.3, 0.4) is 0 Å². The van der Waals surface area contributed by atoms with Crippen LogP contribution < -0.4 is 10.2 Å². The molecule has 1 aliphatic heterocycles. The molecule has 0 unspecified atom stereocenters. The Kier molecular flexibility index (Phi) is 5.43. The maximum Gasteiger partial charge on any atom is 0.335 e. The molecule has 4 rings (SSSR count). The van der Waals surface area contributed by atoms with Gasteiger partial charge in [-0.3, -0.25) is 14.9 Å². The molecule has 1 saturated heterocycles. The molecule has 156 valence electrons. The van der Waals surface area contributed by atoms with Crippen LogP contribution in [0.5, 0.6) is 0 Å². The monoisotopic (exact) mass is 454 g/mol. The van der Waals surface area contributed by atoms with E-state index >= 15 is 0 Å². The summed E-state index contributed by atoms with van der Waals surface area (Å²) in [5.74, 6) is -0.826. The molecule has 0 radical (unpaired) electrons. The number of hydrogen-bond acceptors (Lipinski definition) is 4. The van der Waals surface area contributed by atoms with Gasteiger partial charge in [0.15, 0.2) is 0 Å². The number of furan rings is 1. The second-order valence-electron chi connectivity index (χ2n) is 7.13. The van der Waals surface area contributed by atoms with Crippen molar-refractivity contribution in [2.75, 3.05) is 4.90 Å². The van der Waals surface area contributed by atoms with Crippen molar-refractivity contribution >= 4 is 52.8 Å². The predicted molar refractivity (Wildman–Crippen MR) is 119 cm³/mol. The van der Waals surface area contributed by atoms with E-state index in [0.29, 0.717) is 27.1 Å². The van der Waals surface area contributed by atoms with Gasteiger partial charge in [-0.15, -0.1) is 0 Å². The fourth-order valence-electron chi connectivity index (χ4n) is 3.38. The number of carbonyl (C=O) groups is 3. The number of urea groups is 1. The van der Waals surface area contributed by atoms with E-state index in [4.69, 9.17) is 27.6 Å². The molecule has 4 amide bonds. The fourth-order valence-corrected chi connectivity index (χ4v) is 3.88. The summed E-state index contributed by atoms with van der Waals surface area (Å²) >= 11 is 12.1. The molecule has 2 aromatic carbocycles. The molecule has 31 heavy (non-hydrogen) atoms. The number of rotatable bonds is 3. The smallest absolute Gasteiger partial charge is 0.335 e. The number of carbonyl (C=O) groups excluding carboxylic acids is 3. The molecule has 6 nitrogen and oxygen atoms in total. The predicted octanol–water partition coefficient (Wildman–Crippen LogP) is 5.54. The summed E-state index contributed by atoms with van der Waals surface area (Å²) in [6.07, 6.45) is 1.30. The van der Waals surface area contributed by atoms with Gasteiger partial charge in [0, 0.05) is 10.6 Å². The van der Waals surface area contributed by atoms with Crippen molar-refractivity contribution in [2.45, 2.75) is 13.8 Å². The van der Waals surface area contributed by atoms with Crippen molar-refractivity contribution in [3.05, 3.63) is 81.0 Å². The first-order valence-electron chi connectivity index (χ1n) is 9.28. The van der Waals surface area contributed by atoms with Gasteiger partial charge in [0.1, 0.15) is 17.1 Å². The molecule has 3 aromatic rings. The van der Waals surface area contributed by atoms with Crippen LogP contribution in [0.25, 0.3) is 17.4 Å². The largest absolute Gasteiger partial charge is 0.457 e. The van der Waals surface area contributed by atoms with Crippen molar-refractivity contribution in [1.29, 1.82) is 0 Å². The molecule has 1 N–H and O–H groups in total. The van der Waals surface area contributed by atoms with Gasteiger partial charge >= 0.3 is 6.03 Å². The maximum atomic E-state index is 13.0. The van der Waals surface area contributed by atoms with E-state index in [9.17, 15) is 14.4 Å². The summed E-state index contributed by atoms with van der Waals surface area (Å²) in [4.78, 5) is 38.7. The Bertz CT molecular complexity index is 1260. The lowest BCUT2D eigenvalue weighted by molar-refractivity contribution is -0.122. The summed E-state index contributed by atoms with van der Waals surface area (Å²) in [7, 11) is 0. The lowest BCUT2D eigenvalue weighted by Gasteiger charge is -2.26. The molecule has 0 bridgehead atoms. The zero-order chi connectivity index (χ0) is 22.3. The highest BCUT2D eigenvalue weighted by atomic mass is 35.5. The summed E-state index contributed by atoms with van der Waals surface area (Å²) in [6.45, 7) is 3.72. The van der Waals surface area contributed by atoms with E-state index < -0.39 is 17.8 Å². The minimum absolute atomic E-state index is 0.220. The van der Waals surface area contributed by atoms with Crippen LogP contribution in [0, 0.1) is 13.8 Å². The van der Waals surface area contributed by atoms with Crippen molar-refractivity contribution in [1.82, 2.24) is 5.32 Å². The van der Waals surface area contributed by atoms with E-state index in [1.54, 1.807) is 42.5 Å². The first-order chi connectivity index (χ1) is 14.7. The second kappa shape index (κ2) is 8.06. The third kappa shape index (κ3) is 4.13. The van der Waals surface area contributed by atoms with E-state index in [1.165, 1.54) is 6.08 Å². The van der Waals surface area contributed by atoms with E-state index in [2.05, 4.69) is 5.32 Å². The van der Waals surface area contributed by atoms with Gasteiger partial charge in [0.2, 0.25) is 0 Å². The van der Waals surface area contributed by atoms with Gasteiger partial charge < -0.3 is 4.42 Å². The Balaban J connectivity index is 1.70. The van der Waals surface area contributed by atoms with Gasteiger partial charge in [-0.1, -0.05) is 29.3 Å². The number of hydrogen-bond donors (Lipinski definition) is 1. The number of aryl methyl sites for hydroxylation is 2. The average Bonchev–Trinajstić information content (AvgIpc) is 3.12. The molecule has 2 heterocycles. The molecule has 0 spiro atoms. The van der Waals surface area contributed by atoms with E-state index in [0.717, 1.165) is 16.0 Å². The molecular weight excluding hydrogens is 439 g/mol. The lowest BCUT2D eigenvalue weighted by Crippen LogP contribution is -2.54. The number of amides is 4. The van der Waals surface area contributed by atoms with Crippen LogP contribution in [0.4, 0.5) is 10.5 Å². The number of halogens is 2. The number of imide groups is 2. The molecule has 8 heteroatoms. The first-order valence-corrected chi connectivity index (χ1v) is 10.0. The van der Waals surface area contributed by atoms with Crippen LogP contribution in [0.15, 0.2) is 58.5 Å². The van der Waals surface area contributed by atoms with Crippen LogP contribution >= 0.6 is 23.2 Å². The molecule has 1 fully saturated rings. The Morgan fingerprint density at radius 3 is 2.32 bits per heavy atom. The molecule has 0 atom stereocenters. The summed E-state index contributed by atoms with van der Waals surface area (Å²) in [5, 5.41) is 3.09. The first kappa shape index (κ1) is 20.9. The summed E-state index contributed by atoms with van der Waals surface area (Å²) in [5.41, 5.74) is 2.54. The van der Waals surface area contributed by atoms with E-state index in [-0.39, 0.29) is 11.3 Å². The van der Waals surface area contributed by atoms with Gasteiger partial charge in [0.25, 0.3) is 11.8 Å². The standard InChI is InChI=1S/C23H16Cl2N2O4/c1-12-7-13(2)9-15(8-12)27-22(29)18(21(28)26-23(27)30)11-16-4-6-20(31-16)17-5-3-14(24)10-19(17)25/h3-11H,1-2H3,(H,26,28,30). The molecule has 0 saturated carbocycles. The van der Waals surface area contributed by atoms with Crippen LogP contribution in [-0.4, -0.2) is 17.8 Å². The highest BCUT2D eigenvalue weighted by molar-refractivity contribution is 6.39. The zero-order valence-corrected chi connectivity index (χ0v) is 18.0. The van der Waals surface area contributed by atoms with Crippen molar-refractivity contribution in [3.63, 3.8) is 0 Å². The highest BCUT2D eigenvalue weighted by Gasteiger charge is 2.37. The highest BCUT2D eigenvalue weighted by Crippen LogP contribution is 2.32. The zero-order valence-electron chi connectivity index (χ0n) is 16.5. The Morgan fingerprint density at radius 2 is 1.65 bits per heavy atom. The van der Waals surface area contributed by atoms with Gasteiger partial charge in [-0.05, 0) is 73.5 Å². The third-order valence-corrected chi connectivity index (χ3v) is 5.22. The number of anilines is 1. The SMILES string of the molecule is Cc1cc(C)cc(N2C(=O)NC(=O)C(=Cc3ccc(-c4ccc(Cl)cc4Cl)o3)C2=O)c1. The van der Waals surface area contributed by atoms with E-state index in [1.807, 2.05) is 19.9 Å². The lowest BCUT2D eigenvalue weighted by atomic mass is 10.1. The summed E-state index contributed by atoms with van der Waals surface area (Å²) < 4.78 is 5.76. The minimum Gasteiger partial charge on any atom is -0.457 e. The van der Waals surface area contributed by atoms with Crippen molar-refractivity contribution in [2.24, 2.45) is 0 Å². The number of barbiturate groups is 1. The average molecular weight is 455 g/mol. The molecular formula is C23H16Cl2N2O4. The van der Waals surface area contributed by atoms with Crippen LogP contribution in [-0.2, 0) is 9.59 Å². The Hall–Kier alpha value is -3.35. The van der Waals surface area contributed by atoms with Crippen molar-refractivity contribution < 1.29 is 18.8 Å².